The first-order valence-corrected chi connectivity index (χ1v) is 11.0. The van der Waals surface area contributed by atoms with Gasteiger partial charge in [-0.2, -0.15) is 0 Å². The van der Waals surface area contributed by atoms with Crippen LogP contribution in [0.3, 0.4) is 0 Å². The Morgan fingerprint density at radius 3 is 2.44 bits per heavy atom. The average molecular weight is 418 g/mol. The van der Waals surface area contributed by atoms with Crippen LogP contribution in [-0.2, 0) is 11.3 Å². The molecule has 0 saturated carbocycles. The lowest BCUT2D eigenvalue weighted by molar-refractivity contribution is -0.117. The average Bonchev–Trinajstić information content (AvgIpc) is 3.40. The highest BCUT2D eigenvalue weighted by molar-refractivity contribution is 5.96. The molecule has 0 bridgehead atoms. The van der Waals surface area contributed by atoms with E-state index in [9.17, 15) is 4.79 Å². The number of imidazole rings is 1. The van der Waals surface area contributed by atoms with Crippen LogP contribution in [0.25, 0.3) is 21.8 Å². The fraction of sp³-hybridized carbons (Fsp3) is 0.143. The van der Waals surface area contributed by atoms with Gasteiger partial charge in [0, 0.05) is 31.1 Å². The van der Waals surface area contributed by atoms with Crippen LogP contribution in [0, 0.1) is 0 Å². The van der Waals surface area contributed by atoms with Crippen molar-refractivity contribution in [3.8, 4) is 0 Å². The van der Waals surface area contributed by atoms with Crippen molar-refractivity contribution in [2.45, 2.75) is 18.9 Å². The molecule has 1 amide bonds. The molecule has 5 aromatic rings. The maximum absolute atomic E-state index is 12.9. The zero-order valence-electron chi connectivity index (χ0n) is 17.7. The molecule has 4 heteroatoms. The lowest BCUT2D eigenvalue weighted by Crippen LogP contribution is -2.24. The van der Waals surface area contributed by atoms with Crippen molar-refractivity contribution in [2.75, 3.05) is 11.4 Å². The standard InChI is InChI=1S/C28H23N3O/c32-27-17-23(19-30(27)24-10-2-1-3-11-24)28-29-25-12-6-7-13-26(25)31(28)18-20-14-15-21-8-4-5-9-22(21)16-20/h1-16,23H,17-19H2. The minimum atomic E-state index is 0.0653. The number of carbonyl (C=O) groups is 1. The van der Waals surface area contributed by atoms with Gasteiger partial charge in [0.25, 0.3) is 0 Å². The number of hydrogen-bond acceptors (Lipinski definition) is 2. The quantitative estimate of drug-likeness (QED) is 0.373. The molecule has 1 atom stereocenters. The summed E-state index contributed by atoms with van der Waals surface area (Å²) < 4.78 is 2.30. The Labute approximate surface area is 186 Å². The first-order chi connectivity index (χ1) is 15.8. The molecule has 1 aromatic heterocycles. The third-order valence-electron chi connectivity index (χ3n) is 6.40. The number of hydrogen-bond donors (Lipinski definition) is 0. The third-order valence-corrected chi connectivity index (χ3v) is 6.40. The molecule has 4 aromatic carbocycles. The summed E-state index contributed by atoms with van der Waals surface area (Å²) in [6.45, 7) is 1.39. The van der Waals surface area contributed by atoms with Gasteiger partial charge in [0.2, 0.25) is 5.91 Å². The summed E-state index contributed by atoms with van der Waals surface area (Å²) in [6, 6.07) is 33.2. The van der Waals surface area contributed by atoms with Crippen LogP contribution in [-0.4, -0.2) is 22.0 Å². The van der Waals surface area contributed by atoms with Gasteiger partial charge in [-0.15, -0.1) is 0 Å². The summed E-state index contributed by atoms with van der Waals surface area (Å²) in [4.78, 5) is 19.8. The van der Waals surface area contributed by atoms with Crippen molar-refractivity contribution in [3.63, 3.8) is 0 Å². The fourth-order valence-electron chi connectivity index (χ4n) is 4.83. The highest BCUT2D eigenvalue weighted by Gasteiger charge is 2.34. The molecule has 0 aliphatic carbocycles. The largest absolute Gasteiger partial charge is 0.323 e. The van der Waals surface area contributed by atoms with Crippen LogP contribution in [0.15, 0.2) is 97.1 Å². The van der Waals surface area contributed by atoms with E-state index in [0.717, 1.165) is 29.1 Å². The van der Waals surface area contributed by atoms with E-state index in [-0.39, 0.29) is 11.8 Å². The molecule has 32 heavy (non-hydrogen) atoms. The van der Waals surface area contributed by atoms with Crippen molar-refractivity contribution < 1.29 is 4.79 Å². The smallest absolute Gasteiger partial charge is 0.227 e. The lowest BCUT2D eigenvalue weighted by atomic mass is 10.1. The molecule has 0 radical (unpaired) electrons. The van der Waals surface area contributed by atoms with Crippen LogP contribution in [0.5, 0.6) is 0 Å². The van der Waals surface area contributed by atoms with Crippen LogP contribution in [0.2, 0.25) is 0 Å². The molecule has 0 spiro atoms. The Balaban J connectivity index is 1.40. The van der Waals surface area contributed by atoms with Gasteiger partial charge >= 0.3 is 0 Å². The molecule has 1 saturated heterocycles. The van der Waals surface area contributed by atoms with Gasteiger partial charge in [-0.1, -0.05) is 66.7 Å². The van der Waals surface area contributed by atoms with Crippen LogP contribution < -0.4 is 4.90 Å². The molecule has 1 fully saturated rings. The highest BCUT2D eigenvalue weighted by atomic mass is 16.2. The number of fused-ring (bicyclic) bond motifs is 2. The molecule has 1 aliphatic rings. The van der Waals surface area contributed by atoms with E-state index in [4.69, 9.17) is 4.98 Å². The normalized spacial score (nSPS) is 16.3. The zero-order valence-corrected chi connectivity index (χ0v) is 17.7. The van der Waals surface area contributed by atoms with Gasteiger partial charge in [-0.25, -0.2) is 4.98 Å². The Bertz CT molecular complexity index is 1440. The third kappa shape index (κ3) is 3.25. The second-order valence-electron chi connectivity index (χ2n) is 8.47. The number of benzene rings is 4. The lowest BCUT2D eigenvalue weighted by Gasteiger charge is -2.17. The molecule has 156 valence electrons. The van der Waals surface area contributed by atoms with Gasteiger partial charge in [0.05, 0.1) is 11.0 Å². The molecule has 1 aliphatic heterocycles. The van der Waals surface area contributed by atoms with E-state index >= 15 is 0 Å². The number of amides is 1. The van der Waals surface area contributed by atoms with Gasteiger partial charge in [0.1, 0.15) is 5.82 Å². The number of nitrogens with zero attached hydrogens (tertiary/aromatic N) is 3. The Morgan fingerprint density at radius 1 is 0.812 bits per heavy atom. The highest BCUT2D eigenvalue weighted by Crippen LogP contribution is 2.33. The van der Waals surface area contributed by atoms with E-state index < -0.39 is 0 Å². The summed E-state index contributed by atoms with van der Waals surface area (Å²) in [6.07, 6.45) is 0.482. The predicted octanol–water partition coefficient (Wildman–Crippen LogP) is 5.76. The summed E-state index contributed by atoms with van der Waals surface area (Å²) in [5.41, 5.74) is 4.28. The zero-order chi connectivity index (χ0) is 21.5. The van der Waals surface area contributed by atoms with E-state index in [1.807, 2.05) is 41.3 Å². The molecule has 1 unspecified atom stereocenters. The molecular weight excluding hydrogens is 394 g/mol. The van der Waals surface area contributed by atoms with Crippen LogP contribution >= 0.6 is 0 Å². The number of aromatic nitrogens is 2. The molecule has 4 nitrogen and oxygen atoms in total. The van der Waals surface area contributed by atoms with Crippen molar-refractivity contribution in [2.24, 2.45) is 0 Å². The summed E-state index contributed by atoms with van der Waals surface area (Å²) in [7, 11) is 0. The topological polar surface area (TPSA) is 38.1 Å². The molecular formula is C28H23N3O. The second-order valence-corrected chi connectivity index (χ2v) is 8.47. The van der Waals surface area contributed by atoms with Gasteiger partial charge < -0.3 is 9.47 Å². The minimum Gasteiger partial charge on any atom is -0.323 e. The predicted molar refractivity (Wildman–Crippen MR) is 129 cm³/mol. The van der Waals surface area contributed by atoms with Crippen molar-refractivity contribution in [3.05, 3.63) is 108 Å². The summed E-state index contributed by atoms with van der Waals surface area (Å²) in [5, 5.41) is 2.48. The van der Waals surface area contributed by atoms with E-state index in [1.54, 1.807) is 0 Å². The summed E-state index contributed by atoms with van der Waals surface area (Å²) >= 11 is 0. The van der Waals surface area contributed by atoms with Gasteiger partial charge in [-0.3, -0.25) is 4.79 Å². The van der Waals surface area contributed by atoms with Crippen molar-refractivity contribution in [1.82, 2.24) is 9.55 Å². The minimum absolute atomic E-state index is 0.0653. The van der Waals surface area contributed by atoms with Gasteiger partial charge in [0.15, 0.2) is 0 Å². The molecule has 2 heterocycles. The SMILES string of the molecule is O=C1CC(c2nc3ccccc3n2Cc2ccc3ccccc3c2)CN1c1ccccc1. The van der Waals surface area contributed by atoms with Crippen LogP contribution in [0.4, 0.5) is 5.69 Å². The first-order valence-electron chi connectivity index (χ1n) is 11.0. The molecule has 0 N–H and O–H groups in total. The maximum Gasteiger partial charge on any atom is 0.227 e. The number of carbonyl (C=O) groups excluding carboxylic acids is 1. The molecule has 6 rings (SSSR count). The number of para-hydroxylation sites is 3. The number of anilines is 1. The second kappa shape index (κ2) is 7.65. The first kappa shape index (κ1) is 18.8. The Morgan fingerprint density at radius 2 is 1.56 bits per heavy atom. The fourth-order valence-corrected chi connectivity index (χ4v) is 4.83. The van der Waals surface area contributed by atoms with Crippen LogP contribution in [0.1, 0.15) is 23.7 Å². The van der Waals surface area contributed by atoms with E-state index in [2.05, 4.69) is 65.2 Å². The van der Waals surface area contributed by atoms with Crippen molar-refractivity contribution in [1.29, 1.82) is 0 Å². The summed E-state index contributed by atoms with van der Waals surface area (Å²) in [5.74, 6) is 1.22. The van der Waals surface area contributed by atoms with E-state index in [1.165, 1.54) is 16.3 Å². The van der Waals surface area contributed by atoms with E-state index in [0.29, 0.717) is 13.0 Å². The Hall–Kier alpha value is -3.92. The monoisotopic (exact) mass is 417 g/mol. The van der Waals surface area contributed by atoms with Gasteiger partial charge in [-0.05, 0) is 46.7 Å². The number of rotatable bonds is 4. The maximum atomic E-state index is 12.9. The van der Waals surface area contributed by atoms with Crippen molar-refractivity contribution >= 4 is 33.4 Å². The Kier molecular flexibility index (Phi) is 4.50.